The van der Waals surface area contributed by atoms with Crippen molar-refractivity contribution in [2.24, 2.45) is 0 Å². The first-order valence-corrected chi connectivity index (χ1v) is 6.13. The van der Waals surface area contributed by atoms with E-state index in [1.165, 1.54) is 0 Å². The Balaban J connectivity index is 2.37. The van der Waals surface area contributed by atoms with Crippen LogP contribution in [0.4, 0.5) is 5.69 Å². The Bertz CT molecular complexity index is 573. The molecule has 94 valence electrons. The Morgan fingerprint density at radius 1 is 1.22 bits per heavy atom. The quantitative estimate of drug-likeness (QED) is 0.881. The van der Waals surface area contributed by atoms with Crippen molar-refractivity contribution in [3.8, 4) is 17.4 Å². The summed E-state index contributed by atoms with van der Waals surface area (Å²) < 4.78 is 11.8. The van der Waals surface area contributed by atoms with Crippen molar-refractivity contribution in [3.63, 3.8) is 0 Å². The van der Waals surface area contributed by atoms with Gasteiger partial charge in [-0.3, -0.25) is 0 Å². The SMILES string of the molecule is COc1cc(N)ccc1Oc1nccc(C)c1Br. The van der Waals surface area contributed by atoms with Gasteiger partial charge in [-0.15, -0.1) is 0 Å². The van der Waals surface area contributed by atoms with E-state index in [4.69, 9.17) is 15.2 Å². The highest BCUT2D eigenvalue weighted by Gasteiger charge is 2.10. The maximum Gasteiger partial charge on any atom is 0.234 e. The first kappa shape index (κ1) is 12.7. The standard InChI is InChI=1S/C13H13BrN2O2/c1-8-5-6-16-13(12(8)14)18-10-4-3-9(15)7-11(10)17-2/h3-7H,15H2,1-2H3. The van der Waals surface area contributed by atoms with Gasteiger partial charge in [-0.1, -0.05) is 0 Å². The highest BCUT2D eigenvalue weighted by molar-refractivity contribution is 9.10. The van der Waals surface area contributed by atoms with Crippen LogP contribution in [0.1, 0.15) is 5.56 Å². The van der Waals surface area contributed by atoms with Gasteiger partial charge in [0, 0.05) is 18.0 Å². The van der Waals surface area contributed by atoms with E-state index in [1.807, 2.05) is 13.0 Å². The van der Waals surface area contributed by atoms with E-state index in [2.05, 4.69) is 20.9 Å². The molecular formula is C13H13BrN2O2. The van der Waals surface area contributed by atoms with Gasteiger partial charge in [-0.25, -0.2) is 4.98 Å². The van der Waals surface area contributed by atoms with Crippen molar-refractivity contribution in [1.82, 2.24) is 4.98 Å². The number of pyridine rings is 1. The van der Waals surface area contributed by atoms with Crippen LogP contribution in [0.2, 0.25) is 0 Å². The number of aromatic nitrogens is 1. The maximum atomic E-state index is 5.73. The normalized spacial score (nSPS) is 10.2. The summed E-state index contributed by atoms with van der Waals surface area (Å²) in [5.41, 5.74) is 7.36. The van der Waals surface area contributed by atoms with Crippen LogP contribution in [0.25, 0.3) is 0 Å². The molecule has 0 saturated carbocycles. The Labute approximate surface area is 114 Å². The number of rotatable bonds is 3. The van der Waals surface area contributed by atoms with Gasteiger partial charge in [-0.05, 0) is 46.6 Å². The lowest BCUT2D eigenvalue weighted by Gasteiger charge is -2.11. The smallest absolute Gasteiger partial charge is 0.234 e. The summed E-state index contributed by atoms with van der Waals surface area (Å²) in [7, 11) is 1.57. The van der Waals surface area contributed by atoms with Crippen LogP contribution in [0.15, 0.2) is 34.9 Å². The molecule has 2 N–H and O–H groups in total. The van der Waals surface area contributed by atoms with E-state index < -0.39 is 0 Å². The lowest BCUT2D eigenvalue weighted by atomic mass is 10.3. The molecule has 18 heavy (non-hydrogen) atoms. The molecule has 1 heterocycles. The van der Waals surface area contributed by atoms with Gasteiger partial charge in [0.2, 0.25) is 5.88 Å². The third-order valence-corrected chi connectivity index (χ3v) is 3.41. The van der Waals surface area contributed by atoms with Crippen LogP contribution >= 0.6 is 15.9 Å². The summed E-state index contributed by atoms with van der Waals surface area (Å²) in [6, 6.07) is 7.11. The number of nitrogens with zero attached hydrogens (tertiary/aromatic N) is 1. The number of methoxy groups -OCH3 is 1. The number of hydrogen-bond acceptors (Lipinski definition) is 4. The molecule has 0 aliphatic carbocycles. The largest absolute Gasteiger partial charge is 0.493 e. The summed E-state index contributed by atoms with van der Waals surface area (Å²) in [6.45, 7) is 1.97. The predicted molar refractivity (Wildman–Crippen MR) is 74.2 cm³/mol. The minimum Gasteiger partial charge on any atom is -0.493 e. The monoisotopic (exact) mass is 308 g/mol. The van der Waals surface area contributed by atoms with Crippen molar-refractivity contribution >= 4 is 21.6 Å². The lowest BCUT2D eigenvalue weighted by Crippen LogP contribution is -1.95. The highest BCUT2D eigenvalue weighted by Crippen LogP contribution is 2.35. The van der Waals surface area contributed by atoms with Crippen LogP contribution < -0.4 is 15.2 Å². The van der Waals surface area contributed by atoms with Gasteiger partial charge >= 0.3 is 0 Å². The number of nitrogen functional groups attached to an aromatic ring is 1. The minimum atomic E-state index is 0.498. The maximum absolute atomic E-state index is 5.73. The highest BCUT2D eigenvalue weighted by atomic mass is 79.9. The second-order valence-corrected chi connectivity index (χ2v) is 4.55. The fourth-order valence-corrected chi connectivity index (χ4v) is 1.77. The molecular weight excluding hydrogens is 296 g/mol. The summed E-state index contributed by atoms with van der Waals surface area (Å²) >= 11 is 3.45. The van der Waals surface area contributed by atoms with Crippen molar-refractivity contribution in [3.05, 3.63) is 40.5 Å². The van der Waals surface area contributed by atoms with E-state index in [9.17, 15) is 0 Å². The molecule has 0 bridgehead atoms. The van der Waals surface area contributed by atoms with E-state index >= 15 is 0 Å². The topological polar surface area (TPSA) is 57.4 Å². The molecule has 0 saturated heterocycles. The number of nitrogens with two attached hydrogens (primary N) is 1. The van der Waals surface area contributed by atoms with Crippen molar-refractivity contribution in [1.29, 1.82) is 0 Å². The molecule has 0 fully saturated rings. The van der Waals surface area contributed by atoms with Crippen LogP contribution in [0.5, 0.6) is 17.4 Å². The fourth-order valence-electron chi connectivity index (χ4n) is 1.46. The van der Waals surface area contributed by atoms with Crippen molar-refractivity contribution < 1.29 is 9.47 Å². The Kier molecular flexibility index (Phi) is 3.72. The molecule has 0 aliphatic heterocycles. The minimum absolute atomic E-state index is 0.498. The number of hydrogen-bond donors (Lipinski definition) is 1. The summed E-state index contributed by atoms with van der Waals surface area (Å²) in [5, 5.41) is 0. The van der Waals surface area contributed by atoms with E-state index in [-0.39, 0.29) is 0 Å². The average Bonchev–Trinajstić information content (AvgIpc) is 2.37. The fraction of sp³-hybridized carbons (Fsp3) is 0.154. The van der Waals surface area contributed by atoms with Gasteiger partial charge in [0.15, 0.2) is 11.5 Å². The zero-order valence-electron chi connectivity index (χ0n) is 10.1. The van der Waals surface area contributed by atoms with Crippen LogP contribution in [0.3, 0.4) is 0 Å². The van der Waals surface area contributed by atoms with Gasteiger partial charge in [0.1, 0.15) is 0 Å². The van der Waals surface area contributed by atoms with Gasteiger partial charge in [-0.2, -0.15) is 0 Å². The zero-order chi connectivity index (χ0) is 13.1. The van der Waals surface area contributed by atoms with Crippen molar-refractivity contribution in [2.75, 3.05) is 12.8 Å². The number of aryl methyl sites for hydroxylation is 1. The molecule has 1 aromatic heterocycles. The molecule has 0 atom stereocenters. The number of ether oxygens (including phenoxy) is 2. The van der Waals surface area contributed by atoms with Crippen molar-refractivity contribution in [2.45, 2.75) is 6.92 Å². The third kappa shape index (κ3) is 2.56. The lowest BCUT2D eigenvalue weighted by molar-refractivity contribution is 0.373. The average molecular weight is 309 g/mol. The van der Waals surface area contributed by atoms with E-state index in [0.29, 0.717) is 23.1 Å². The molecule has 0 amide bonds. The van der Waals surface area contributed by atoms with E-state index in [1.54, 1.807) is 31.5 Å². The van der Waals surface area contributed by atoms with Crippen LogP contribution in [0, 0.1) is 6.92 Å². The zero-order valence-corrected chi connectivity index (χ0v) is 11.7. The molecule has 1 aromatic carbocycles. The molecule has 0 aliphatic rings. The second kappa shape index (κ2) is 5.27. The Hall–Kier alpha value is -1.75. The number of benzene rings is 1. The number of halogens is 1. The molecule has 0 unspecified atom stereocenters. The third-order valence-electron chi connectivity index (χ3n) is 2.44. The molecule has 4 nitrogen and oxygen atoms in total. The molecule has 5 heteroatoms. The Morgan fingerprint density at radius 2 is 2.00 bits per heavy atom. The van der Waals surface area contributed by atoms with Gasteiger partial charge in [0.05, 0.1) is 11.6 Å². The molecule has 0 radical (unpaired) electrons. The van der Waals surface area contributed by atoms with E-state index in [0.717, 1.165) is 10.0 Å². The molecule has 0 spiro atoms. The number of anilines is 1. The first-order chi connectivity index (χ1) is 8.61. The Morgan fingerprint density at radius 3 is 2.72 bits per heavy atom. The van der Waals surface area contributed by atoms with Crippen LogP contribution in [-0.4, -0.2) is 12.1 Å². The first-order valence-electron chi connectivity index (χ1n) is 5.34. The summed E-state index contributed by atoms with van der Waals surface area (Å²) in [5.74, 6) is 1.65. The molecule has 2 rings (SSSR count). The summed E-state index contributed by atoms with van der Waals surface area (Å²) in [4.78, 5) is 4.18. The van der Waals surface area contributed by atoms with Gasteiger partial charge in [0.25, 0.3) is 0 Å². The van der Waals surface area contributed by atoms with Crippen LogP contribution in [-0.2, 0) is 0 Å². The predicted octanol–water partition coefficient (Wildman–Crippen LogP) is 3.54. The summed E-state index contributed by atoms with van der Waals surface area (Å²) in [6.07, 6.45) is 1.69. The molecule has 2 aromatic rings. The van der Waals surface area contributed by atoms with Gasteiger partial charge < -0.3 is 15.2 Å². The second-order valence-electron chi connectivity index (χ2n) is 3.76.